The van der Waals surface area contributed by atoms with Gasteiger partial charge < -0.3 is 15.7 Å². The molecule has 3 N–H and O–H groups in total. The third-order valence-electron chi connectivity index (χ3n) is 2.82. The van der Waals surface area contributed by atoms with Gasteiger partial charge in [-0.15, -0.1) is 11.3 Å². The fourth-order valence-electron chi connectivity index (χ4n) is 1.96. The summed E-state index contributed by atoms with van der Waals surface area (Å²) in [5.74, 6) is 0.409. The van der Waals surface area contributed by atoms with Crippen molar-refractivity contribution in [3.8, 4) is 0 Å². The topological polar surface area (TPSA) is 75.3 Å². The minimum Gasteiger partial charge on any atom is -0.395 e. The number of halogens is 2. The Hall–Kier alpha value is -1.54. The molecule has 0 saturated carbocycles. The van der Waals surface area contributed by atoms with Gasteiger partial charge in [-0.2, -0.15) is 4.98 Å². The quantitative estimate of drug-likeness (QED) is 0.852. The first-order chi connectivity index (χ1) is 9.55. The van der Waals surface area contributed by atoms with Crippen LogP contribution in [0.25, 0.3) is 10.2 Å². The second-order valence-corrected chi connectivity index (χ2v) is 5.37. The summed E-state index contributed by atoms with van der Waals surface area (Å²) in [4.78, 5) is 11.3. The Morgan fingerprint density at radius 1 is 1.45 bits per heavy atom. The van der Waals surface area contributed by atoms with E-state index >= 15 is 0 Å². The molecule has 0 atom stereocenters. The predicted octanol–water partition coefficient (Wildman–Crippen LogP) is 1.90. The first-order valence-electron chi connectivity index (χ1n) is 6.25. The van der Waals surface area contributed by atoms with E-state index in [9.17, 15) is 8.78 Å². The second kappa shape index (κ2) is 6.27. The maximum Gasteiger partial charge on any atom is 0.255 e. The lowest BCUT2D eigenvalue weighted by molar-refractivity contribution is 0.152. The van der Waals surface area contributed by atoms with Gasteiger partial charge in [0, 0.05) is 11.4 Å². The van der Waals surface area contributed by atoms with Crippen LogP contribution in [-0.4, -0.2) is 41.2 Å². The first-order valence-corrected chi connectivity index (χ1v) is 7.06. The van der Waals surface area contributed by atoms with Crippen LogP contribution in [0, 0.1) is 0 Å². The van der Waals surface area contributed by atoms with Crippen LogP contribution in [0.4, 0.5) is 20.5 Å². The summed E-state index contributed by atoms with van der Waals surface area (Å²) in [6.45, 7) is 1.35. The van der Waals surface area contributed by atoms with E-state index in [4.69, 9.17) is 10.8 Å². The minimum absolute atomic E-state index is 0.0502. The van der Waals surface area contributed by atoms with Crippen LogP contribution in [0.15, 0.2) is 6.07 Å². The van der Waals surface area contributed by atoms with Crippen molar-refractivity contribution in [1.29, 1.82) is 0 Å². The maximum atomic E-state index is 12.7. The van der Waals surface area contributed by atoms with Gasteiger partial charge in [0.1, 0.15) is 10.6 Å². The van der Waals surface area contributed by atoms with Crippen molar-refractivity contribution in [3.63, 3.8) is 0 Å². The highest BCUT2D eigenvalue weighted by molar-refractivity contribution is 7.18. The molecule has 2 aromatic heterocycles. The molecule has 2 rings (SSSR count). The number of aromatic nitrogens is 2. The lowest BCUT2D eigenvalue weighted by Crippen LogP contribution is -2.32. The molecule has 110 valence electrons. The lowest BCUT2D eigenvalue weighted by atomic mass is 10.3. The van der Waals surface area contributed by atoms with Crippen LogP contribution in [0.2, 0.25) is 0 Å². The van der Waals surface area contributed by atoms with Crippen molar-refractivity contribution in [3.05, 3.63) is 10.9 Å². The molecule has 5 nitrogen and oxygen atoms in total. The van der Waals surface area contributed by atoms with Crippen molar-refractivity contribution in [2.75, 3.05) is 30.3 Å². The largest absolute Gasteiger partial charge is 0.395 e. The number of fused-ring (bicyclic) bond motifs is 1. The molecular formula is C12H16F2N4OS. The van der Waals surface area contributed by atoms with Crippen LogP contribution in [0.3, 0.4) is 0 Å². The molecule has 0 aromatic carbocycles. The van der Waals surface area contributed by atoms with Crippen LogP contribution in [0.5, 0.6) is 0 Å². The average molecular weight is 302 g/mol. The zero-order valence-electron chi connectivity index (χ0n) is 11.0. The normalized spacial score (nSPS) is 11.4. The number of rotatable bonds is 6. The first kappa shape index (κ1) is 14.9. The number of nitrogens with zero attached hydrogens (tertiary/aromatic N) is 3. The molecule has 20 heavy (non-hydrogen) atoms. The standard InChI is InChI=1S/C12H16F2N4OS/c1-2-7-5-8-10(16-12(15)17-11(8)20-7)18(3-4-19)6-9(13)14/h5,9,19H,2-4,6H2,1H3,(H2,15,16,17). The minimum atomic E-state index is -2.52. The average Bonchev–Trinajstić information content (AvgIpc) is 2.79. The molecule has 0 unspecified atom stereocenters. The molecule has 0 aliphatic heterocycles. The Morgan fingerprint density at radius 2 is 2.20 bits per heavy atom. The van der Waals surface area contributed by atoms with Gasteiger partial charge in [0.15, 0.2) is 0 Å². The summed E-state index contributed by atoms with van der Waals surface area (Å²) in [5, 5.41) is 9.75. The van der Waals surface area contributed by atoms with E-state index in [0.29, 0.717) is 16.0 Å². The Balaban J connectivity index is 2.51. The van der Waals surface area contributed by atoms with E-state index in [1.54, 1.807) is 0 Å². The monoisotopic (exact) mass is 302 g/mol. The van der Waals surface area contributed by atoms with Crippen LogP contribution >= 0.6 is 11.3 Å². The number of nitrogen functional groups attached to an aromatic ring is 1. The fourth-order valence-corrected chi connectivity index (χ4v) is 2.93. The Kier molecular flexibility index (Phi) is 4.66. The Labute approximate surface area is 119 Å². The molecule has 0 fully saturated rings. The summed E-state index contributed by atoms with van der Waals surface area (Å²) >= 11 is 1.47. The maximum absolute atomic E-state index is 12.7. The number of thiophene rings is 1. The predicted molar refractivity (Wildman–Crippen MR) is 76.5 cm³/mol. The number of alkyl halides is 2. The summed E-state index contributed by atoms with van der Waals surface area (Å²) < 4.78 is 25.3. The van der Waals surface area contributed by atoms with Gasteiger partial charge in [-0.3, -0.25) is 0 Å². The number of aliphatic hydroxyl groups is 1. The smallest absolute Gasteiger partial charge is 0.255 e. The summed E-state index contributed by atoms with van der Waals surface area (Å²) in [6.07, 6.45) is -1.69. The van der Waals surface area contributed by atoms with Gasteiger partial charge in [0.25, 0.3) is 6.43 Å². The van der Waals surface area contributed by atoms with E-state index in [1.165, 1.54) is 16.2 Å². The Bertz CT molecular complexity index is 590. The van der Waals surface area contributed by atoms with Crippen LogP contribution < -0.4 is 10.6 Å². The van der Waals surface area contributed by atoms with Gasteiger partial charge in [0.05, 0.1) is 18.5 Å². The molecule has 0 spiro atoms. The summed E-state index contributed by atoms with van der Waals surface area (Å²) in [6, 6.07) is 1.89. The van der Waals surface area contributed by atoms with Crippen molar-refractivity contribution in [2.45, 2.75) is 19.8 Å². The van der Waals surface area contributed by atoms with Gasteiger partial charge in [0.2, 0.25) is 5.95 Å². The van der Waals surface area contributed by atoms with Crippen molar-refractivity contribution in [2.24, 2.45) is 0 Å². The number of aliphatic hydroxyl groups excluding tert-OH is 1. The number of aryl methyl sites for hydroxylation is 1. The van der Waals surface area contributed by atoms with Crippen molar-refractivity contribution in [1.82, 2.24) is 9.97 Å². The molecule has 0 amide bonds. The molecule has 0 aliphatic carbocycles. The second-order valence-electron chi connectivity index (χ2n) is 4.25. The van der Waals surface area contributed by atoms with E-state index < -0.39 is 13.0 Å². The zero-order valence-corrected chi connectivity index (χ0v) is 11.8. The van der Waals surface area contributed by atoms with Gasteiger partial charge in [-0.25, -0.2) is 13.8 Å². The molecule has 0 radical (unpaired) electrons. The van der Waals surface area contributed by atoms with Crippen LogP contribution in [-0.2, 0) is 6.42 Å². The van der Waals surface area contributed by atoms with Gasteiger partial charge >= 0.3 is 0 Å². The Morgan fingerprint density at radius 3 is 2.80 bits per heavy atom. The summed E-state index contributed by atoms with van der Waals surface area (Å²) in [5.41, 5.74) is 5.65. The molecule has 0 aliphatic rings. The highest BCUT2D eigenvalue weighted by atomic mass is 32.1. The summed E-state index contributed by atoms with van der Waals surface area (Å²) in [7, 11) is 0. The number of hydrogen-bond acceptors (Lipinski definition) is 6. The number of hydrogen-bond donors (Lipinski definition) is 2. The number of nitrogens with two attached hydrogens (primary N) is 1. The van der Waals surface area contributed by atoms with Crippen molar-refractivity contribution >= 4 is 33.3 Å². The highest BCUT2D eigenvalue weighted by Crippen LogP contribution is 2.32. The zero-order chi connectivity index (χ0) is 14.7. The SMILES string of the molecule is CCc1cc2c(N(CCO)CC(F)F)nc(N)nc2s1. The molecule has 2 heterocycles. The molecule has 2 aromatic rings. The van der Waals surface area contributed by atoms with E-state index in [-0.39, 0.29) is 19.1 Å². The third-order valence-corrected chi connectivity index (χ3v) is 3.99. The molecule has 0 bridgehead atoms. The lowest BCUT2D eigenvalue weighted by Gasteiger charge is -2.23. The van der Waals surface area contributed by atoms with Gasteiger partial charge in [-0.05, 0) is 12.5 Å². The molecule has 0 saturated heterocycles. The number of anilines is 2. The highest BCUT2D eigenvalue weighted by Gasteiger charge is 2.19. The van der Waals surface area contributed by atoms with Crippen molar-refractivity contribution < 1.29 is 13.9 Å². The van der Waals surface area contributed by atoms with E-state index in [2.05, 4.69) is 9.97 Å². The molecule has 8 heteroatoms. The van der Waals surface area contributed by atoms with Crippen LogP contribution in [0.1, 0.15) is 11.8 Å². The fraction of sp³-hybridized carbons (Fsp3) is 0.500. The van der Waals surface area contributed by atoms with E-state index in [0.717, 1.165) is 11.3 Å². The van der Waals surface area contributed by atoms with Gasteiger partial charge in [-0.1, -0.05) is 6.92 Å². The molecular weight excluding hydrogens is 286 g/mol. The third kappa shape index (κ3) is 3.13. The van der Waals surface area contributed by atoms with E-state index in [1.807, 2.05) is 13.0 Å².